The zero-order valence-electron chi connectivity index (χ0n) is 24.3. The van der Waals surface area contributed by atoms with Crippen LogP contribution in [0, 0.1) is 11.3 Å². The summed E-state index contributed by atoms with van der Waals surface area (Å²) in [5.74, 6) is -2.63. The molecule has 0 aromatic heterocycles. The molecule has 4 atom stereocenters. The quantitative estimate of drug-likeness (QED) is 0.246. The van der Waals surface area contributed by atoms with Crippen LogP contribution in [-0.4, -0.2) is 44.7 Å². The van der Waals surface area contributed by atoms with E-state index in [4.69, 9.17) is 9.47 Å². The van der Waals surface area contributed by atoms with E-state index in [0.717, 1.165) is 16.7 Å². The summed E-state index contributed by atoms with van der Waals surface area (Å²) in [6.07, 6.45) is 1.26. The van der Waals surface area contributed by atoms with E-state index in [1.807, 2.05) is 105 Å². The maximum atomic E-state index is 14.1. The molecular weight excluding hydrogens is 562 g/mol. The highest BCUT2D eigenvalue weighted by atomic mass is 32.2. The Bertz CT molecular complexity index is 1550. The average molecular weight is 596 g/mol. The van der Waals surface area contributed by atoms with Gasteiger partial charge in [0.05, 0.1) is 16.7 Å². The monoisotopic (exact) mass is 595 g/mol. The summed E-state index contributed by atoms with van der Waals surface area (Å²) < 4.78 is 11.1. The lowest BCUT2D eigenvalue weighted by atomic mass is 9.65. The first kappa shape index (κ1) is 28.9. The van der Waals surface area contributed by atoms with Crippen molar-refractivity contribution in [3.63, 3.8) is 0 Å². The Balaban J connectivity index is 1.24. The topological polar surface area (TPSA) is 90.0 Å². The lowest BCUT2D eigenvalue weighted by molar-refractivity contribution is -0.181. The third-order valence-electron chi connectivity index (χ3n) is 8.68. The van der Waals surface area contributed by atoms with Crippen molar-refractivity contribution in [2.75, 3.05) is 0 Å². The summed E-state index contributed by atoms with van der Waals surface area (Å²) in [7, 11) is 0. The number of fused-ring (bicyclic) bond motifs is 2. The molecule has 2 heterocycles. The minimum absolute atomic E-state index is 0.0673. The summed E-state index contributed by atoms with van der Waals surface area (Å²) in [4.78, 5) is 56.0. The van der Waals surface area contributed by atoms with Gasteiger partial charge in [0.15, 0.2) is 6.10 Å². The molecule has 6 rings (SSSR count). The number of rotatable bonds is 8. The molecule has 0 unspecified atom stereocenters. The van der Waals surface area contributed by atoms with Crippen LogP contribution in [0.3, 0.4) is 0 Å². The normalized spacial score (nSPS) is 25.2. The number of esters is 2. The Kier molecular flexibility index (Phi) is 7.50. The van der Waals surface area contributed by atoms with Crippen LogP contribution in [0.1, 0.15) is 50.0 Å². The average Bonchev–Trinajstić information content (AvgIpc) is 3.56. The van der Waals surface area contributed by atoms with Gasteiger partial charge in [-0.05, 0) is 43.9 Å². The van der Waals surface area contributed by atoms with Gasteiger partial charge in [-0.15, -0.1) is 11.8 Å². The maximum Gasteiger partial charge on any atom is 0.334 e. The summed E-state index contributed by atoms with van der Waals surface area (Å²) in [6.45, 7) is 5.32. The number of carbonyl (C=O) groups excluding carboxylic acids is 4. The Hall–Kier alpha value is -4.17. The van der Waals surface area contributed by atoms with Crippen LogP contribution in [-0.2, 0) is 35.3 Å². The number of benzene rings is 3. The second kappa shape index (κ2) is 11.2. The molecule has 0 N–H and O–H groups in total. The molecule has 0 saturated carbocycles. The lowest BCUT2D eigenvalue weighted by Gasteiger charge is -2.54. The summed E-state index contributed by atoms with van der Waals surface area (Å²) in [5.41, 5.74) is 1.55. The van der Waals surface area contributed by atoms with Crippen LogP contribution in [0.5, 0.6) is 0 Å². The molecule has 1 aliphatic carbocycles. The third-order valence-corrected chi connectivity index (χ3v) is 10.4. The van der Waals surface area contributed by atoms with Crippen molar-refractivity contribution >= 4 is 35.4 Å². The van der Waals surface area contributed by atoms with E-state index < -0.39 is 45.5 Å². The van der Waals surface area contributed by atoms with Gasteiger partial charge in [-0.25, -0.2) is 9.59 Å². The van der Waals surface area contributed by atoms with Crippen LogP contribution in [0.2, 0.25) is 0 Å². The van der Waals surface area contributed by atoms with Crippen molar-refractivity contribution in [2.45, 2.75) is 56.1 Å². The molecular formula is C35H33NO6S. The Morgan fingerprint density at radius 1 is 0.907 bits per heavy atom. The smallest absolute Gasteiger partial charge is 0.334 e. The van der Waals surface area contributed by atoms with Gasteiger partial charge in [0.25, 0.3) is 0 Å². The summed E-state index contributed by atoms with van der Waals surface area (Å²) in [6, 6.07) is 27.4. The molecule has 3 aromatic rings. The third kappa shape index (κ3) is 4.87. The molecule has 220 valence electrons. The van der Waals surface area contributed by atoms with E-state index in [2.05, 4.69) is 0 Å². The number of thioether (sulfide) groups is 1. The van der Waals surface area contributed by atoms with Gasteiger partial charge >= 0.3 is 11.9 Å². The highest BCUT2D eigenvalue weighted by Crippen LogP contribution is 2.66. The van der Waals surface area contributed by atoms with E-state index in [-0.39, 0.29) is 30.3 Å². The molecule has 7 nitrogen and oxygen atoms in total. The SMILES string of the molecule is CC(=O)[C@H]1C(C(=O)OCc2ccccc2)=CC[C@]12C(=O)N1[C@@H](C(=O)OC(c3ccccc3)c3ccccc3)C(C)(C)S[C@@H]12. The van der Waals surface area contributed by atoms with E-state index in [0.29, 0.717) is 0 Å². The van der Waals surface area contributed by atoms with Gasteiger partial charge in [-0.2, -0.15) is 0 Å². The number of ketones is 1. The fraction of sp³-hybridized carbons (Fsp3) is 0.314. The molecule has 1 amide bonds. The lowest BCUT2D eigenvalue weighted by Crippen LogP contribution is -2.71. The number of ether oxygens (including phenoxy) is 2. The van der Waals surface area contributed by atoms with Crippen molar-refractivity contribution in [1.82, 2.24) is 4.90 Å². The van der Waals surface area contributed by atoms with E-state index >= 15 is 0 Å². The second-order valence-electron chi connectivity index (χ2n) is 11.8. The van der Waals surface area contributed by atoms with Crippen LogP contribution >= 0.6 is 11.8 Å². The molecule has 2 saturated heterocycles. The minimum Gasteiger partial charge on any atom is -0.457 e. The first-order chi connectivity index (χ1) is 20.6. The number of hydrogen-bond acceptors (Lipinski definition) is 7. The molecule has 2 aliphatic heterocycles. The van der Waals surface area contributed by atoms with Crippen molar-refractivity contribution in [1.29, 1.82) is 0 Å². The number of carbonyl (C=O) groups is 4. The standard InChI is InChI=1S/C35H33NO6S/c1-22(37)27-26(30(38)41-21-23-13-7-4-8-14-23)19-20-35(27)32(40)36-29(34(2,3)43-33(35)36)31(39)42-28(24-15-9-5-10-16-24)25-17-11-6-12-18-25/h4-19,27-29,33H,20-21H2,1-3H3/t27-,29-,33+,35+/m0/s1. The second-order valence-corrected chi connectivity index (χ2v) is 13.6. The highest BCUT2D eigenvalue weighted by Gasteiger charge is 2.75. The van der Waals surface area contributed by atoms with E-state index in [1.54, 1.807) is 11.0 Å². The predicted molar refractivity (Wildman–Crippen MR) is 162 cm³/mol. The Morgan fingerprint density at radius 3 is 2.02 bits per heavy atom. The number of Topliss-reactive ketones (excluding diaryl/α,β-unsaturated/α-hetero) is 1. The van der Waals surface area contributed by atoms with Crippen LogP contribution in [0.25, 0.3) is 0 Å². The molecule has 3 aromatic carbocycles. The number of allylic oxidation sites excluding steroid dienone is 1. The highest BCUT2D eigenvalue weighted by molar-refractivity contribution is 8.01. The molecule has 2 fully saturated rings. The number of hydrogen-bond donors (Lipinski definition) is 0. The molecule has 8 heteroatoms. The van der Waals surface area contributed by atoms with E-state index in [9.17, 15) is 19.2 Å². The summed E-state index contributed by atoms with van der Waals surface area (Å²) in [5, 5.41) is -0.468. The number of nitrogens with zero attached hydrogens (tertiary/aromatic N) is 1. The van der Waals surface area contributed by atoms with Crippen LogP contribution in [0.15, 0.2) is 103 Å². The van der Waals surface area contributed by atoms with Crippen molar-refractivity contribution in [2.24, 2.45) is 11.3 Å². The van der Waals surface area contributed by atoms with Crippen LogP contribution in [0.4, 0.5) is 0 Å². The Morgan fingerprint density at radius 2 is 1.47 bits per heavy atom. The van der Waals surface area contributed by atoms with Gasteiger partial charge in [0.1, 0.15) is 18.4 Å². The first-order valence-corrected chi connectivity index (χ1v) is 15.3. The van der Waals surface area contributed by atoms with Crippen LogP contribution < -0.4 is 0 Å². The fourth-order valence-corrected chi connectivity index (χ4v) is 8.52. The molecule has 3 aliphatic rings. The predicted octanol–water partition coefficient (Wildman–Crippen LogP) is 5.65. The first-order valence-electron chi connectivity index (χ1n) is 14.4. The number of β-lactam (4-membered cyclic amide) rings is 1. The van der Waals surface area contributed by atoms with Gasteiger partial charge in [0.2, 0.25) is 5.91 Å². The minimum atomic E-state index is -1.14. The van der Waals surface area contributed by atoms with Gasteiger partial charge < -0.3 is 14.4 Å². The maximum absolute atomic E-state index is 14.1. The molecule has 0 radical (unpaired) electrons. The van der Waals surface area contributed by atoms with Crippen molar-refractivity contribution in [3.05, 3.63) is 119 Å². The Labute approximate surface area is 255 Å². The van der Waals surface area contributed by atoms with Gasteiger partial charge in [-0.3, -0.25) is 9.59 Å². The molecule has 1 spiro atoms. The molecule has 0 bridgehead atoms. The molecule has 43 heavy (non-hydrogen) atoms. The van der Waals surface area contributed by atoms with Gasteiger partial charge in [0, 0.05) is 10.3 Å². The van der Waals surface area contributed by atoms with E-state index in [1.165, 1.54) is 18.7 Å². The zero-order chi connectivity index (χ0) is 30.4. The van der Waals surface area contributed by atoms with Crippen molar-refractivity contribution in [3.8, 4) is 0 Å². The summed E-state index contributed by atoms with van der Waals surface area (Å²) >= 11 is 1.48. The number of amides is 1. The van der Waals surface area contributed by atoms with Gasteiger partial charge in [-0.1, -0.05) is 97.1 Å². The largest absolute Gasteiger partial charge is 0.457 e. The zero-order valence-corrected chi connectivity index (χ0v) is 25.1. The van der Waals surface area contributed by atoms with Crippen molar-refractivity contribution < 1.29 is 28.7 Å². The fourth-order valence-electron chi connectivity index (χ4n) is 6.73.